The van der Waals surface area contributed by atoms with Crippen LogP contribution in [-0.4, -0.2) is 12.5 Å². The van der Waals surface area contributed by atoms with Crippen LogP contribution < -0.4 is 9.47 Å². The van der Waals surface area contributed by atoms with Crippen molar-refractivity contribution in [1.82, 2.24) is 0 Å². The molecule has 0 aliphatic carbocycles. The minimum absolute atomic E-state index is 0.0603. The summed E-state index contributed by atoms with van der Waals surface area (Å²) in [6.45, 7) is 7.23. The number of ether oxygens (including phenoxy) is 2. The third kappa shape index (κ3) is 4.00. The molecule has 0 fully saturated rings. The Kier molecular flexibility index (Phi) is 3.67. The highest BCUT2D eigenvalue weighted by Gasteiger charge is 2.31. The van der Waals surface area contributed by atoms with Gasteiger partial charge in [0.15, 0.2) is 0 Å². The van der Waals surface area contributed by atoms with Crippen molar-refractivity contribution in [3.63, 3.8) is 0 Å². The van der Waals surface area contributed by atoms with Gasteiger partial charge in [-0.2, -0.15) is 0 Å². The predicted octanol–water partition coefficient (Wildman–Crippen LogP) is 3.55. The fourth-order valence-corrected chi connectivity index (χ4v) is 1.12. The predicted molar refractivity (Wildman–Crippen MR) is 53.3 cm³/mol. The van der Waals surface area contributed by atoms with E-state index in [0.717, 1.165) is 0 Å². The number of hydrogen-bond acceptors (Lipinski definition) is 2. The summed E-state index contributed by atoms with van der Waals surface area (Å²) in [5, 5.41) is 0. The standard InChI is InChI=1S/C11H12F3O2/c1-7(2)15-10-5-4-9(6-8(10)3)16-11(12,13)14/h4-7H,3H2,1-2H3. The maximum absolute atomic E-state index is 11.9. The fraction of sp³-hybridized carbons (Fsp3) is 0.364. The molecule has 0 atom stereocenters. The highest BCUT2D eigenvalue weighted by atomic mass is 19.4. The second-order valence-electron chi connectivity index (χ2n) is 3.48. The molecule has 0 bridgehead atoms. The topological polar surface area (TPSA) is 18.5 Å². The Bertz CT molecular complexity index is 359. The molecular weight excluding hydrogens is 221 g/mol. The molecular formula is C11H12F3O2. The summed E-state index contributed by atoms with van der Waals surface area (Å²) in [4.78, 5) is 0. The van der Waals surface area contributed by atoms with Crippen molar-refractivity contribution in [3.8, 4) is 11.5 Å². The van der Waals surface area contributed by atoms with E-state index in [4.69, 9.17) is 4.74 Å². The Morgan fingerprint density at radius 2 is 1.88 bits per heavy atom. The zero-order chi connectivity index (χ0) is 12.3. The zero-order valence-corrected chi connectivity index (χ0v) is 8.97. The lowest BCUT2D eigenvalue weighted by atomic mass is 10.2. The summed E-state index contributed by atoms with van der Waals surface area (Å²) in [7, 11) is 0. The van der Waals surface area contributed by atoms with Crippen molar-refractivity contribution in [1.29, 1.82) is 0 Å². The summed E-state index contributed by atoms with van der Waals surface area (Å²) < 4.78 is 44.8. The first-order valence-electron chi connectivity index (χ1n) is 4.66. The molecule has 1 radical (unpaired) electrons. The molecule has 0 unspecified atom stereocenters. The van der Waals surface area contributed by atoms with E-state index >= 15 is 0 Å². The van der Waals surface area contributed by atoms with Crippen LogP contribution in [0.1, 0.15) is 19.4 Å². The molecule has 2 nitrogen and oxygen atoms in total. The third-order valence-corrected chi connectivity index (χ3v) is 1.63. The molecule has 0 heterocycles. The Hall–Kier alpha value is -1.39. The molecule has 0 spiro atoms. The molecule has 0 saturated carbocycles. The average molecular weight is 233 g/mol. The van der Waals surface area contributed by atoms with E-state index in [2.05, 4.69) is 11.7 Å². The lowest BCUT2D eigenvalue weighted by molar-refractivity contribution is -0.274. The van der Waals surface area contributed by atoms with Crippen molar-refractivity contribution in [2.45, 2.75) is 26.3 Å². The highest BCUT2D eigenvalue weighted by molar-refractivity contribution is 5.42. The van der Waals surface area contributed by atoms with E-state index in [1.807, 2.05) is 13.8 Å². The van der Waals surface area contributed by atoms with Crippen LogP contribution in [0.3, 0.4) is 0 Å². The van der Waals surface area contributed by atoms with E-state index in [-0.39, 0.29) is 11.9 Å². The average Bonchev–Trinajstić information content (AvgIpc) is 2.06. The third-order valence-electron chi connectivity index (χ3n) is 1.63. The van der Waals surface area contributed by atoms with Crippen molar-refractivity contribution < 1.29 is 22.6 Å². The SMILES string of the molecule is [CH2]c1cc(OC(F)(F)F)ccc1OC(C)C. The Morgan fingerprint density at radius 3 is 2.31 bits per heavy atom. The van der Waals surface area contributed by atoms with E-state index in [0.29, 0.717) is 11.3 Å². The van der Waals surface area contributed by atoms with Crippen molar-refractivity contribution >= 4 is 0 Å². The smallest absolute Gasteiger partial charge is 0.491 e. The number of hydrogen-bond donors (Lipinski definition) is 0. The van der Waals surface area contributed by atoms with Gasteiger partial charge in [-0.3, -0.25) is 0 Å². The molecule has 5 heteroatoms. The second kappa shape index (κ2) is 4.63. The Balaban J connectivity index is 2.83. The Morgan fingerprint density at radius 1 is 1.25 bits per heavy atom. The Labute approximate surface area is 92.0 Å². The lowest BCUT2D eigenvalue weighted by Gasteiger charge is -2.14. The van der Waals surface area contributed by atoms with Gasteiger partial charge in [0, 0.05) is 0 Å². The van der Waals surface area contributed by atoms with Crippen LogP contribution in [0.25, 0.3) is 0 Å². The largest absolute Gasteiger partial charge is 0.573 e. The number of benzene rings is 1. The van der Waals surface area contributed by atoms with Crippen LogP contribution in [0.4, 0.5) is 13.2 Å². The summed E-state index contributed by atoms with van der Waals surface area (Å²) in [6.07, 6.45) is -4.75. The van der Waals surface area contributed by atoms with Gasteiger partial charge in [0.2, 0.25) is 0 Å². The van der Waals surface area contributed by atoms with Gasteiger partial charge in [0.05, 0.1) is 6.10 Å². The number of rotatable bonds is 3. The molecule has 16 heavy (non-hydrogen) atoms. The lowest BCUT2D eigenvalue weighted by Crippen LogP contribution is -2.17. The van der Waals surface area contributed by atoms with E-state index in [1.54, 1.807) is 0 Å². The summed E-state index contributed by atoms with van der Waals surface area (Å²) in [6, 6.07) is 3.79. The molecule has 0 N–H and O–H groups in total. The van der Waals surface area contributed by atoms with Crippen molar-refractivity contribution in [2.75, 3.05) is 0 Å². The maximum Gasteiger partial charge on any atom is 0.573 e. The van der Waals surface area contributed by atoms with E-state index in [1.165, 1.54) is 18.2 Å². The van der Waals surface area contributed by atoms with Gasteiger partial charge in [-0.05, 0) is 44.5 Å². The fourth-order valence-electron chi connectivity index (χ4n) is 1.12. The molecule has 1 aromatic carbocycles. The van der Waals surface area contributed by atoms with Gasteiger partial charge in [-0.15, -0.1) is 13.2 Å². The van der Waals surface area contributed by atoms with Gasteiger partial charge < -0.3 is 9.47 Å². The van der Waals surface area contributed by atoms with E-state index < -0.39 is 6.36 Å². The molecule has 1 rings (SSSR count). The summed E-state index contributed by atoms with van der Waals surface area (Å²) >= 11 is 0. The van der Waals surface area contributed by atoms with Crippen LogP contribution >= 0.6 is 0 Å². The quantitative estimate of drug-likeness (QED) is 0.794. The van der Waals surface area contributed by atoms with Crippen LogP contribution in [0.2, 0.25) is 0 Å². The van der Waals surface area contributed by atoms with Gasteiger partial charge in [-0.25, -0.2) is 0 Å². The molecule has 0 aromatic heterocycles. The van der Waals surface area contributed by atoms with Crippen molar-refractivity contribution in [3.05, 3.63) is 30.7 Å². The van der Waals surface area contributed by atoms with Crippen LogP contribution in [0, 0.1) is 6.92 Å². The summed E-state index contributed by atoms with van der Waals surface area (Å²) in [5.41, 5.74) is 0.357. The molecule has 0 amide bonds. The molecule has 0 aliphatic heterocycles. The number of halogens is 3. The molecule has 1 aromatic rings. The molecule has 0 saturated heterocycles. The van der Waals surface area contributed by atoms with Gasteiger partial charge in [-0.1, -0.05) is 0 Å². The van der Waals surface area contributed by atoms with Gasteiger partial charge in [0.1, 0.15) is 11.5 Å². The summed E-state index contributed by atoms with van der Waals surface area (Å²) in [5.74, 6) is 0.151. The second-order valence-corrected chi connectivity index (χ2v) is 3.48. The minimum atomic E-state index is -4.69. The normalized spacial score (nSPS) is 11.7. The van der Waals surface area contributed by atoms with Crippen LogP contribution in [0.5, 0.6) is 11.5 Å². The highest BCUT2D eigenvalue weighted by Crippen LogP contribution is 2.28. The first-order chi connectivity index (χ1) is 7.28. The van der Waals surface area contributed by atoms with Crippen molar-refractivity contribution in [2.24, 2.45) is 0 Å². The maximum atomic E-state index is 11.9. The minimum Gasteiger partial charge on any atom is -0.491 e. The van der Waals surface area contributed by atoms with Gasteiger partial charge in [0.25, 0.3) is 0 Å². The van der Waals surface area contributed by atoms with Crippen LogP contribution in [-0.2, 0) is 0 Å². The first-order valence-corrected chi connectivity index (χ1v) is 4.66. The monoisotopic (exact) mass is 233 g/mol. The molecule has 89 valence electrons. The van der Waals surface area contributed by atoms with E-state index in [9.17, 15) is 13.2 Å². The first kappa shape index (κ1) is 12.7. The molecule has 0 aliphatic rings. The van der Waals surface area contributed by atoms with Gasteiger partial charge >= 0.3 is 6.36 Å². The number of alkyl halides is 3. The van der Waals surface area contributed by atoms with Crippen LogP contribution in [0.15, 0.2) is 18.2 Å². The zero-order valence-electron chi connectivity index (χ0n) is 8.97.